The molecule has 2 nitrogen and oxygen atoms in total. The van der Waals surface area contributed by atoms with Gasteiger partial charge >= 0.3 is 0 Å². The van der Waals surface area contributed by atoms with Crippen LogP contribution in [0, 0.1) is 0 Å². The van der Waals surface area contributed by atoms with Gasteiger partial charge in [-0.2, -0.15) is 5.10 Å². The Balaban J connectivity index is 2.16. The summed E-state index contributed by atoms with van der Waals surface area (Å²) in [6.07, 6.45) is 6.58. The van der Waals surface area contributed by atoms with Gasteiger partial charge in [-0.25, -0.2) is 0 Å². The van der Waals surface area contributed by atoms with E-state index in [1.165, 1.54) is 27.3 Å². The summed E-state index contributed by atoms with van der Waals surface area (Å²) in [4.78, 5) is 0. The van der Waals surface area contributed by atoms with E-state index in [9.17, 15) is 0 Å². The number of hydrogen-bond donors (Lipinski definition) is 1. The van der Waals surface area contributed by atoms with Gasteiger partial charge in [0, 0.05) is 21.6 Å². The van der Waals surface area contributed by atoms with Gasteiger partial charge in [-0.1, -0.05) is 52.0 Å². The molecular weight excluding hydrogens is 256 g/mol. The maximum atomic E-state index is 4.19. The molecule has 1 aliphatic rings. The number of aromatic amines is 1. The first-order valence-corrected chi connectivity index (χ1v) is 7.50. The van der Waals surface area contributed by atoms with Gasteiger partial charge in [0.25, 0.3) is 0 Å². The number of H-pyrrole nitrogens is 1. The summed E-state index contributed by atoms with van der Waals surface area (Å²) in [5.74, 6) is 0. The van der Waals surface area contributed by atoms with Crippen LogP contribution < -0.4 is 0 Å². The van der Waals surface area contributed by atoms with Crippen molar-refractivity contribution in [3.63, 3.8) is 0 Å². The lowest BCUT2D eigenvalue weighted by molar-refractivity contribution is 0.565. The van der Waals surface area contributed by atoms with E-state index in [4.69, 9.17) is 0 Å². The Hall–Kier alpha value is -2.09. The van der Waals surface area contributed by atoms with E-state index in [1.54, 1.807) is 0 Å². The highest BCUT2D eigenvalue weighted by atomic mass is 15.1. The molecule has 1 aromatic heterocycles. The normalized spacial score (nSPS) is 19.0. The summed E-state index contributed by atoms with van der Waals surface area (Å²) in [6.45, 7) is 9.16. The molecule has 1 aliphatic carbocycles. The van der Waals surface area contributed by atoms with E-state index in [2.05, 4.69) is 74.3 Å². The molecule has 2 heteroatoms. The third-order valence-corrected chi connectivity index (χ3v) is 4.88. The molecule has 0 amide bonds. The van der Waals surface area contributed by atoms with Crippen LogP contribution in [0.2, 0.25) is 0 Å². The van der Waals surface area contributed by atoms with Gasteiger partial charge in [-0.3, -0.25) is 5.10 Å². The molecule has 4 rings (SSSR count). The Labute approximate surface area is 124 Å². The van der Waals surface area contributed by atoms with E-state index in [-0.39, 0.29) is 10.8 Å². The minimum atomic E-state index is 0.0707. The highest BCUT2D eigenvalue weighted by molar-refractivity contribution is 6.05. The first-order chi connectivity index (χ1) is 9.88. The van der Waals surface area contributed by atoms with Gasteiger partial charge in [0.1, 0.15) is 0 Å². The zero-order chi connectivity index (χ0) is 14.8. The number of nitrogens with one attached hydrogen (secondary N) is 1. The van der Waals surface area contributed by atoms with Crippen LogP contribution in [0.4, 0.5) is 0 Å². The number of aromatic nitrogens is 2. The predicted molar refractivity (Wildman–Crippen MR) is 88.8 cm³/mol. The molecule has 0 saturated carbocycles. The van der Waals surface area contributed by atoms with Crippen molar-refractivity contribution in [3.05, 3.63) is 53.7 Å². The number of allylic oxidation sites excluding steroid dienone is 2. The molecule has 1 N–H and O–H groups in total. The van der Waals surface area contributed by atoms with Gasteiger partial charge in [0.05, 0.1) is 11.7 Å². The fraction of sp³-hybridized carbons (Fsp3) is 0.316. The lowest BCUT2D eigenvalue weighted by Gasteiger charge is -2.37. The van der Waals surface area contributed by atoms with Crippen molar-refractivity contribution in [2.24, 2.45) is 0 Å². The van der Waals surface area contributed by atoms with Gasteiger partial charge in [0.2, 0.25) is 0 Å². The van der Waals surface area contributed by atoms with Crippen molar-refractivity contribution in [1.29, 1.82) is 0 Å². The van der Waals surface area contributed by atoms with Crippen molar-refractivity contribution in [1.82, 2.24) is 10.2 Å². The topological polar surface area (TPSA) is 28.7 Å². The Morgan fingerprint density at radius 3 is 2.19 bits per heavy atom. The molecule has 0 aliphatic heterocycles. The number of nitrogens with zero attached hydrogens (tertiary/aromatic N) is 1. The van der Waals surface area contributed by atoms with Crippen molar-refractivity contribution in [3.8, 4) is 0 Å². The molecule has 0 bridgehead atoms. The van der Waals surface area contributed by atoms with Gasteiger partial charge in [-0.05, 0) is 28.6 Å². The summed E-state index contributed by atoms with van der Waals surface area (Å²) < 4.78 is 0. The number of rotatable bonds is 0. The number of hydrogen-bond acceptors (Lipinski definition) is 1. The second kappa shape index (κ2) is 3.76. The Bertz CT molecular complexity index is 894. The molecule has 0 saturated heterocycles. The van der Waals surface area contributed by atoms with Crippen LogP contribution in [0.25, 0.3) is 21.7 Å². The van der Waals surface area contributed by atoms with Crippen molar-refractivity contribution >= 4 is 21.7 Å². The maximum Gasteiger partial charge on any atom is 0.0728 e. The Kier molecular flexibility index (Phi) is 2.26. The van der Waals surface area contributed by atoms with E-state index in [0.29, 0.717) is 0 Å². The monoisotopic (exact) mass is 276 g/mol. The highest BCUT2D eigenvalue weighted by Crippen LogP contribution is 2.43. The molecule has 0 fully saturated rings. The molecule has 0 unspecified atom stereocenters. The smallest absolute Gasteiger partial charge is 0.0728 e. The Morgan fingerprint density at radius 1 is 0.857 bits per heavy atom. The first-order valence-electron chi connectivity index (χ1n) is 7.50. The second-order valence-electron chi connectivity index (χ2n) is 7.30. The van der Waals surface area contributed by atoms with Crippen molar-refractivity contribution < 1.29 is 0 Å². The highest BCUT2D eigenvalue weighted by Gasteiger charge is 2.33. The minimum absolute atomic E-state index is 0.0707. The number of fused-ring (bicyclic) bond motifs is 4. The molecule has 106 valence electrons. The molecule has 0 spiro atoms. The fourth-order valence-corrected chi connectivity index (χ4v) is 3.45. The van der Waals surface area contributed by atoms with E-state index in [0.717, 1.165) is 5.52 Å². The first kappa shape index (κ1) is 12.6. The van der Waals surface area contributed by atoms with Crippen molar-refractivity contribution in [2.45, 2.75) is 38.5 Å². The zero-order valence-corrected chi connectivity index (χ0v) is 13.0. The van der Waals surface area contributed by atoms with Crippen LogP contribution >= 0.6 is 0 Å². The second-order valence-corrected chi connectivity index (χ2v) is 7.30. The third-order valence-electron chi connectivity index (χ3n) is 4.88. The predicted octanol–water partition coefficient (Wildman–Crippen LogP) is 4.84. The van der Waals surface area contributed by atoms with Crippen LogP contribution in [-0.4, -0.2) is 10.2 Å². The SMILES string of the molecule is CC1(C)C=CC(C)(C)c2cc3c(ccc4cn[nH]c43)cc21. The van der Waals surface area contributed by atoms with Gasteiger partial charge < -0.3 is 0 Å². The van der Waals surface area contributed by atoms with Crippen LogP contribution in [0.5, 0.6) is 0 Å². The van der Waals surface area contributed by atoms with E-state index in [1.807, 2.05) is 6.20 Å². The summed E-state index contributed by atoms with van der Waals surface area (Å²) in [5.41, 5.74) is 4.15. The summed E-state index contributed by atoms with van der Waals surface area (Å²) in [6, 6.07) is 9.06. The molecule has 2 aromatic carbocycles. The molecule has 3 aromatic rings. The maximum absolute atomic E-state index is 4.19. The average Bonchev–Trinajstić information content (AvgIpc) is 2.91. The molecule has 0 radical (unpaired) electrons. The lowest BCUT2D eigenvalue weighted by atomic mass is 9.67. The van der Waals surface area contributed by atoms with Crippen LogP contribution in [-0.2, 0) is 10.8 Å². The minimum Gasteiger partial charge on any atom is -0.277 e. The van der Waals surface area contributed by atoms with Gasteiger partial charge in [-0.15, -0.1) is 0 Å². The van der Waals surface area contributed by atoms with Gasteiger partial charge in [0.15, 0.2) is 0 Å². The van der Waals surface area contributed by atoms with Crippen LogP contribution in [0.15, 0.2) is 42.6 Å². The number of benzene rings is 2. The zero-order valence-electron chi connectivity index (χ0n) is 13.0. The van der Waals surface area contributed by atoms with Crippen LogP contribution in [0.3, 0.4) is 0 Å². The summed E-state index contributed by atoms with van der Waals surface area (Å²) in [5, 5.41) is 11.1. The fourth-order valence-electron chi connectivity index (χ4n) is 3.45. The molecule has 1 heterocycles. The summed E-state index contributed by atoms with van der Waals surface area (Å²) >= 11 is 0. The average molecular weight is 276 g/mol. The van der Waals surface area contributed by atoms with E-state index >= 15 is 0 Å². The van der Waals surface area contributed by atoms with E-state index < -0.39 is 0 Å². The summed E-state index contributed by atoms with van der Waals surface area (Å²) in [7, 11) is 0. The third kappa shape index (κ3) is 1.68. The molecule has 0 atom stereocenters. The largest absolute Gasteiger partial charge is 0.277 e. The molecular formula is C19H20N2. The van der Waals surface area contributed by atoms with Crippen molar-refractivity contribution in [2.75, 3.05) is 0 Å². The van der Waals surface area contributed by atoms with Crippen LogP contribution in [0.1, 0.15) is 38.8 Å². The lowest BCUT2D eigenvalue weighted by Crippen LogP contribution is -2.28. The Morgan fingerprint density at radius 2 is 1.48 bits per heavy atom. The standard InChI is InChI=1S/C19H20N2/c1-18(2)7-8-19(3,4)16-10-14-12(9-15(16)18)5-6-13-11-20-21-17(13)14/h5-11H,1-4H3,(H,20,21). The quantitative estimate of drug-likeness (QED) is 0.585. The molecule has 21 heavy (non-hydrogen) atoms.